The lowest BCUT2D eigenvalue weighted by Crippen LogP contribution is -2.38. The van der Waals surface area contributed by atoms with Crippen LogP contribution >= 0.6 is 11.3 Å². The maximum Gasteiger partial charge on any atom is 0.355 e. The van der Waals surface area contributed by atoms with Gasteiger partial charge in [0, 0.05) is 30.6 Å². The lowest BCUT2D eigenvalue weighted by Gasteiger charge is -2.35. The predicted octanol–water partition coefficient (Wildman–Crippen LogP) is 3.99. The summed E-state index contributed by atoms with van der Waals surface area (Å²) in [5, 5.41) is 11.5. The Bertz CT molecular complexity index is 688. The van der Waals surface area contributed by atoms with E-state index in [1.807, 2.05) is 18.2 Å². The summed E-state index contributed by atoms with van der Waals surface area (Å²) in [6, 6.07) is 8.20. The summed E-state index contributed by atoms with van der Waals surface area (Å²) in [6.45, 7) is 7.77. The zero-order valence-electron chi connectivity index (χ0n) is 13.5. The number of benzene rings is 1. The number of nitrogens with zero attached hydrogens (tertiary/aromatic N) is 2. The zero-order valence-corrected chi connectivity index (χ0v) is 14.3. The monoisotopic (exact) mass is 330 g/mol. The standard InChI is InChI=1S/C18H22N2O2S/c1-12-7-13(2)9-20(8-12)10-14-5-3-4-6-15(14)17-19-16(11-23-17)18(21)22/h3-6,11-13H,7-10H2,1-2H3,(H,21,22). The summed E-state index contributed by atoms with van der Waals surface area (Å²) in [5.74, 6) is 0.484. The van der Waals surface area contributed by atoms with E-state index in [0.29, 0.717) is 0 Å². The summed E-state index contributed by atoms with van der Waals surface area (Å²) >= 11 is 1.40. The SMILES string of the molecule is CC1CC(C)CN(Cc2ccccc2-c2nc(C(=O)O)cs2)C1. The number of hydrogen-bond donors (Lipinski definition) is 1. The highest BCUT2D eigenvalue weighted by molar-refractivity contribution is 7.13. The number of rotatable bonds is 4. The minimum Gasteiger partial charge on any atom is -0.476 e. The van der Waals surface area contributed by atoms with Gasteiger partial charge in [0.25, 0.3) is 0 Å². The molecule has 122 valence electrons. The van der Waals surface area contributed by atoms with Crippen LogP contribution in [0.5, 0.6) is 0 Å². The molecule has 1 aliphatic rings. The number of likely N-dealkylation sites (tertiary alicyclic amines) is 1. The first-order valence-electron chi connectivity index (χ1n) is 8.02. The minimum absolute atomic E-state index is 0.125. The zero-order chi connectivity index (χ0) is 16.4. The quantitative estimate of drug-likeness (QED) is 0.921. The van der Waals surface area contributed by atoms with Crippen molar-refractivity contribution in [3.63, 3.8) is 0 Å². The van der Waals surface area contributed by atoms with Crippen LogP contribution in [0.4, 0.5) is 0 Å². The molecule has 1 aromatic heterocycles. The van der Waals surface area contributed by atoms with Crippen LogP contribution in [0.3, 0.4) is 0 Å². The molecule has 1 fully saturated rings. The third-order valence-corrected chi connectivity index (χ3v) is 5.19. The van der Waals surface area contributed by atoms with Crippen LogP contribution in [0.1, 0.15) is 36.3 Å². The first-order chi connectivity index (χ1) is 11.0. The number of hydrogen-bond acceptors (Lipinski definition) is 4. The van der Waals surface area contributed by atoms with E-state index in [2.05, 4.69) is 29.8 Å². The normalized spacial score (nSPS) is 22.2. The number of carboxylic acid groups (broad SMARTS) is 1. The molecule has 3 rings (SSSR count). The fourth-order valence-electron chi connectivity index (χ4n) is 3.52. The maximum atomic E-state index is 11.1. The molecule has 2 unspecified atom stereocenters. The van der Waals surface area contributed by atoms with Crippen molar-refractivity contribution in [3.8, 4) is 10.6 Å². The predicted molar refractivity (Wildman–Crippen MR) is 92.7 cm³/mol. The summed E-state index contributed by atoms with van der Waals surface area (Å²) in [6.07, 6.45) is 1.30. The van der Waals surface area contributed by atoms with Gasteiger partial charge in [0.1, 0.15) is 5.01 Å². The molecule has 2 heterocycles. The summed E-state index contributed by atoms with van der Waals surface area (Å²) in [4.78, 5) is 17.8. The summed E-state index contributed by atoms with van der Waals surface area (Å²) < 4.78 is 0. The summed E-state index contributed by atoms with van der Waals surface area (Å²) in [7, 11) is 0. The van der Waals surface area contributed by atoms with E-state index >= 15 is 0 Å². The molecule has 0 aliphatic carbocycles. The second kappa shape index (κ2) is 6.81. The van der Waals surface area contributed by atoms with Crippen LogP contribution in [0.2, 0.25) is 0 Å². The van der Waals surface area contributed by atoms with Gasteiger partial charge in [-0.15, -0.1) is 11.3 Å². The molecule has 1 saturated heterocycles. The Hall–Kier alpha value is -1.72. The number of aromatic carboxylic acids is 1. The van der Waals surface area contributed by atoms with E-state index in [4.69, 9.17) is 5.11 Å². The van der Waals surface area contributed by atoms with Crippen molar-refractivity contribution in [2.24, 2.45) is 11.8 Å². The average molecular weight is 330 g/mol. The average Bonchev–Trinajstić information content (AvgIpc) is 2.96. The minimum atomic E-state index is -0.969. The number of carbonyl (C=O) groups is 1. The van der Waals surface area contributed by atoms with Crippen LogP contribution in [0.15, 0.2) is 29.6 Å². The Morgan fingerprint density at radius 3 is 2.65 bits per heavy atom. The molecule has 0 radical (unpaired) electrons. The van der Waals surface area contributed by atoms with Crippen LogP contribution in [-0.4, -0.2) is 34.0 Å². The molecule has 2 aromatic rings. The van der Waals surface area contributed by atoms with Gasteiger partial charge in [0.15, 0.2) is 5.69 Å². The molecule has 0 bridgehead atoms. The Labute approximate surface area is 140 Å². The van der Waals surface area contributed by atoms with Crippen LogP contribution in [-0.2, 0) is 6.54 Å². The second-order valence-corrected chi connectivity index (χ2v) is 7.50. The van der Waals surface area contributed by atoms with Crippen LogP contribution < -0.4 is 0 Å². The van der Waals surface area contributed by atoms with Gasteiger partial charge in [0.2, 0.25) is 0 Å². The number of aromatic nitrogens is 1. The first-order valence-corrected chi connectivity index (χ1v) is 8.90. The van der Waals surface area contributed by atoms with Crippen molar-refractivity contribution < 1.29 is 9.90 Å². The molecule has 1 aromatic carbocycles. The van der Waals surface area contributed by atoms with Crippen molar-refractivity contribution in [2.75, 3.05) is 13.1 Å². The van der Waals surface area contributed by atoms with E-state index in [-0.39, 0.29) is 5.69 Å². The van der Waals surface area contributed by atoms with E-state index in [0.717, 1.165) is 42.0 Å². The molecule has 1 aliphatic heterocycles. The van der Waals surface area contributed by atoms with Gasteiger partial charge in [-0.1, -0.05) is 38.1 Å². The Morgan fingerprint density at radius 1 is 1.30 bits per heavy atom. The van der Waals surface area contributed by atoms with E-state index in [1.165, 1.54) is 23.3 Å². The number of thiazole rings is 1. The van der Waals surface area contributed by atoms with Gasteiger partial charge < -0.3 is 5.11 Å². The van der Waals surface area contributed by atoms with Gasteiger partial charge in [-0.2, -0.15) is 0 Å². The van der Waals surface area contributed by atoms with Gasteiger partial charge in [0.05, 0.1) is 0 Å². The topological polar surface area (TPSA) is 53.4 Å². The first kappa shape index (κ1) is 16.1. The highest BCUT2D eigenvalue weighted by Crippen LogP contribution is 2.29. The van der Waals surface area contributed by atoms with Crippen molar-refractivity contribution in [1.29, 1.82) is 0 Å². The molecule has 1 N–H and O–H groups in total. The molecule has 5 heteroatoms. The Morgan fingerprint density at radius 2 is 2.00 bits per heavy atom. The maximum absolute atomic E-state index is 11.1. The van der Waals surface area contributed by atoms with E-state index < -0.39 is 5.97 Å². The molecule has 4 nitrogen and oxygen atoms in total. The molecule has 0 amide bonds. The Kier molecular flexibility index (Phi) is 4.78. The van der Waals surface area contributed by atoms with Gasteiger partial charge in [-0.25, -0.2) is 9.78 Å². The van der Waals surface area contributed by atoms with Gasteiger partial charge in [-0.05, 0) is 23.8 Å². The highest BCUT2D eigenvalue weighted by Gasteiger charge is 2.23. The fraction of sp³-hybridized carbons (Fsp3) is 0.444. The van der Waals surface area contributed by atoms with E-state index in [1.54, 1.807) is 5.38 Å². The molecular formula is C18H22N2O2S. The number of carboxylic acids is 1. The molecule has 2 atom stereocenters. The fourth-order valence-corrected chi connectivity index (χ4v) is 4.38. The van der Waals surface area contributed by atoms with E-state index in [9.17, 15) is 4.79 Å². The number of piperidine rings is 1. The second-order valence-electron chi connectivity index (χ2n) is 6.64. The lowest BCUT2D eigenvalue weighted by atomic mass is 9.91. The third-order valence-electron chi connectivity index (χ3n) is 4.31. The Balaban J connectivity index is 1.84. The molecular weight excluding hydrogens is 308 g/mol. The van der Waals surface area contributed by atoms with Crippen molar-refractivity contribution in [1.82, 2.24) is 9.88 Å². The van der Waals surface area contributed by atoms with Crippen molar-refractivity contribution in [3.05, 3.63) is 40.9 Å². The summed E-state index contributed by atoms with van der Waals surface area (Å²) in [5.41, 5.74) is 2.40. The highest BCUT2D eigenvalue weighted by atomic mass is 32.1. The molecule has 0 spiro atoms. The van der Waals surface area contributed by atoms with Gasteiger partial charge in [-0.3, -0.25) is 4.90 Å². The van der Waals surface area contributed by atoms with Gasteiger partial charge >= 0.3 is 5.97 Å². The van der Waals surface area contributed by atoms with Crippen molar-refractivity contribution >= 4 is 17.3 Å². The molecule has 0 saturated carbocycles. The smallest absolute Gasteiger partial charge is 0.355 e. The largest absolute Gasteiger partial charge is 0.476 e. The third kappa shape index (κ3) is 3.79. The lowest BCUT2D eigenvalue weighted by molar-refractivity contribution is 0.0691. The molecule has 23 heavy (non-hydrogen) atoms. The van der Waals surface area contributed by atoms with Crippen LogP contribution in [0, 0.1) is 11.8 Å². The van der Waals surface area contributed by atoms with Crippen molar-refractivity contribution in [2.45, 2.75) is 26.8 Å². The van der Waals surface area contributed by atoms with Crippen LogP contribution in [0.25, 0.3) is 10.6 Å².